The molecule has 1 aromatic heterocycles. The van der Waals surface area contributed by atoms with Crippen molar-refractivity contribution in [2.45, 2.75) is 56.8 Å². The summed E-state index contributed by atoms with van der Waals surface area (Å²) in [6.45, 7) is 2.52. The number of aryl methyl sites for hydroxylation is 2. The Hall–Kier alpha value is -2.65. The lowest BCUT2D eigenvalue weighted by Crippen LogP contribution is -2.33. The quantitative estimate of drug-likeness (QED) is 0.510. The molecule has 34 heavy (non-hydrogen) atoms. The molecule has 6 nitrogen and oxygen atoms in total. The van der Waals surface area contributed by atoms with Gasteiger partial charge in [0.15, 0.2) is 0 Å². The number of rotatable bonds is 9. The first-order valence-corrected chi connectivity index (χ1v) is 11.8. The molecular formula is C25H30F3N3O3. The molecule has 0 radical (unpaired) electrons. The van der Waals surface area contributed by atoms with Crippen molar-refractivity contribution in [3.63, 3.8) is 0 Å². The Morgan fingerprint density at radius 1 is 1.21 bits per heavy atom. The fourth-order valence-corrected chi connectivity index (χ4v) is 4.65. The summed E-state index contributed by atoms with van der Waals surface area (Å²) in [6, 6.07) is 7.63. The van der Waals surface area contributed by atoms with Crippen LogP contribution in [0.4, 0.5) is 19.0 Å². The Bertz CT molecular complexity index is 982. The number of pyridine rings is 1. The summed E-state index contributed by atoms with van der Waals surface area (Å²) in [7, 11) is 0. The number of aliphatic carboxylic acids is 1. The van der Waals surface area contributed by atoms with Gasteiger partial charge in [-0.15, -0.1) is 0 Å². The SMILES string of the molecule is O=C(O)[C@H](c1ccc(C(F)(F)F)cc1)N1CC[C@@H](OCCCCc2ccc3c(n2)NCCC3)C1. The number of benzene rings is 1. The Morgan fingerprint density at radius 2 is 2.00 bits per heavy atom. The van der Waals surface area contributed by atoms with Crippen molar-refractivity contribution in [1.82, 2.24) is 9.88 Å². The summed E-state index contributed by atoms with van der Waals surface area (Å²) in [5.74, 6) is -0.0699. The van der Waals surface area contributed by atoms with Crippen molar-refractivity contribution in [1.29, 1.82) is 0 Å². The summed E-state index contributed by atoms with van der Waals surface area (Å²) in [4.78, 5) is 18.4. The second-order valence-corrected chi connectivity index (χ2v) is 8.93. The monoisotopic (exact) mass is 477 g/mol. The van der Waals surface area contributed by atoms with E-state index in [1.807, 2.05) is 0 Å². The number of hydrogen-bond acceptors (Lipinski definition) is 5. The van der Waals surface area contributed by atoms with Crippen LogP contribution in [0.25, 0.3) is 0 Å². The first-order chi connectivity index (χ1) is 16.3. The van der Waals surface area contributed by atoms with E-state index in [9.17, 15) is 23.1 Å². The van der Waals surface area contributed by atoms with Crippen molar-refractivity contribution < 1.29 is 27.8 Å². The van der Waals surface area contributed by atoms with Crippen LogP contribution in [0.5, 0.6) is 0 Å². The minimum Gasteiger partial charge on any atom is -0.480 e. The number of nitrogens with zero attached hydrogens (tertiary/aromatic N) is 2. The number of alkyl halides is 3. The van der Waals surface area contributed by atoms with Gasteiger partial charge in [-0.2, -0.15) is 13.2 Å². The molecular weight excluding hydrogens is 447 g/mol. The van der Waals surface area contributed by atoms with Crippen molar-refractivity contribution >= 4 is 11.8 Å². The highest BCUT2D eigenvalue weighted by Gasteiger charge is 2.35. The van der Waals surface area contributed by atoms with E-state index in [0.29, 0.717) is 31.7 Å². The standard InChI is InChI=1S/C25H30F3N3O3/c26-25(27,28)19-9-6-17(7-10-19)22(24(32)33)31-14-12-21(16-31)34-15-2-1-5-20-11-8-18-4-3-13-29-23(18)30-20/h6-11,21-22H,1-5,12-16H2,(H,29,30)(H,32,33)/t21-,22+/m1/s1. The Morgan fingerprint density at radius 3 is 2.74 bits per heavy atom. The number of unbranched alkanes of at least 4 members (excludes halogenated alkanes) is 1. The van der Waals surface area contributed by atoms with Gasteiger partial charge in [0.1, 0.15) is 11.9 Å². The molecule has 1 aromatic carbocycles. The lowest BCUT2D eigenvalue weighted by Gasteiger charge is -2.25. The highest BCUT2D eigenvalue weighted by molar-refractivity contribution is 5.75. The number of nitrogens with one attached hydrogen (secondary N) is 1. The van der Waals surface area contributed by atoms with E-state index < -0.39 is 23.8 Å². The molecule has 3 heterocycles. The normalized spacial score (nSPS) is 19.4. The number of likely N-dealkylation sites (tertiary alicyclic amines) is 1. The number of carboxylic acids is 1. The molecule has 4 rings (SSSR count). The van der Waals surface area contributed by atoms with Crippen LogP contribution in [-0.4, -0.2) is 53.3 Å². The summed E-state index contributed by atoms with van der Waals surface area (Å²) < 4.78 is 44.4. The second-order valence-electron chi connectivity index (χ2n) is 8.93. The molecule has 184 valence electrons. The summed E-state index contributed by atoms with van der Waals surface area (Å²) in [5.41, 5.74) is 1.90. The molecule has 1 fully saturated rings. The molecule has 2 aliphatic rings. The Balaban J connectivity index is 1.22. The number of ether oxygens (including phenoxy) is 1. The summed E-state index contributed by atoms with van der Waals surface area (Å²) in [6.07, 6.45) is 1.09. The molecule has 0 spiro atoms. The number of fused-ring (bicyclic) bond motifs is 1. The van der Waals surface area contributed by atoms with Crippen LogP contribution in [0.3, 0.4) is 0 Å². The number of anilines is 1. The smallest absolute Gasteiger partial charge is 0.416 e. The number of carboxylic acid groups (broad SMARTS) is 1. The Labute approximate surface area is 197 Å². The van der Waals surface area contributed by atoms with E-state index in [0.717, 1.165) is 62.3 Å². The van der Waals surface area contributed by atoms with E-state index in [1.165, 1.54) is 17.7 Å². The van der Waals surface area contributed by atoms with Gasteiger partial charge in [0.2, 0.25) is 0 Å². The third-order valence-electron chi connectivity index (χ3n) is 6.46. The van der Waals surface area contributed by atoms with Gasteiger partial charge in [-0.1, -0.05) is 18.2 Å². The van der Waals surface area contributed by atoms with Gasteiger partial charge in [-0.05, 0) is 67.9 Å². The van der Waals surface area contributed by atoms with Crippen molar-refractivity contribution in [3.05, 3.63) is 58.8 Å². The van der Waals surface area contributed by atoms with Gasteiger partial charge < -0.3 is 15.2 Å². The number of hydrogen-bond donors (Lipinski definition) is 2. The third kappa shape index (κ3) is 6.07. The molecule has 0 unspecified atom stereocenters. The maximum Gasteiger partial charge on any atom is 0.416 e. The van der Waals surface area contributed by atoms with Gasteiger partial charge in [-0.3, -0.25) is 9.69 Å². The first kappa shape index (κ1) is 24.5. The third-order valence-corrected chi connectivity index (χ3v) is 6.46. The van der Waals surface area contributed by atoms with Gasteiger partial charge >= 0.3 is 12.1 Å². The zero-order valence-corrected chi connectivity index (χ0v) is 19.0. The van der Waals surface area contributed by atoms with E-state index in [2.05, 4.69) is 17.4 Å². The van der Waals surface area contributed by atoms with E-state index in [4.69, 9.17) is 9.72 Å². The zero-order chi connectivity index (χ0) is 24.1. The maximum absolute atomic E-state index is 12.8. The number of aromatic nitrogens is 1. The fourth-order valence-electron chi connectivity index (χ4n) is 4.65. The predicted molar refractivity (Wildman–Crippen MR) is 122 cm³/mol. The van der Waals surface area contributed by atoms with E-state index in [-0.39, 0.29) is 6.10 Å². The van der Waals surface area contributed by atoms with Crippen LogP contribution in [-0.2, 0) is 28.5 Å². The van der Waals surface area contributed by atoms with Crippen molar-refractivity contribution in [2.75, 3.05) is 31.6 Å². The maximum atomic E-state index is 12.8. The average Bonchev–Trinajstić information content (AvgIpc) is 3.26. The minimum atomic E-state index is -4.45. The zero-order valence-electron chi connectivity index (χ0n) is 19.0. The molecule has 2 N–H and O–H groups in total. The summed E-state index contributed by atoms with van der Waals surface area (Å²) in [5, 5.41) is 13.1. The molecule has 0 saturated carbocycles. The van der Waals surface area contributed by atoms with E-state index in [1.54, 1.807) is 4.90 Å². The molecule has 2 aromatic rings. The van der Waals surface area contributed by atoms with Gasteiger partial charge in [0.25, 0.3) is 0 Å². The minimum absolute atomic E-state index is 0.0811. The van der Waals surface area contributed by atoms with Crippen LogP contribution in [0.15, 0.2) is 36.4 Å². The molecule has 0 aliphatic carbocycles. The highest BCUT2D eigenvalue weighted by Crippen LogP contribution is 2.32. The van der Waals surface area contributed by atoms with Crippen LogP contribution >= 0.6 is 0 Å². The molecule has 2 aliphatic heterocycles. The molecule has 9 heteroatoms. The molecule has 1 saturated heterocycles. The number of carbonyl (C=O) groups is 1. The second kappa shape index (κ2) is 10.7. The van der Waals surface area contributed by atoms with Gasteiger partial charge in [0.05, 0.1) is 11.7 Å². The Kier molecular flexibility index (Phi) is 7.73. The number of halogens is 3. The molecule has 0 bridgehead atoms. The van der Waals surface area contributed by atoms with Crippen molar-refractivity contribution in [2.24, 2.45) is 0 Å². The fraction of sp³-hybridized carbons (Fsp3) is 0.520. The first-order valence-electron chi connectivity index (χ1n) is 11.8. The van der Waals surface area contributed by atoms with Crippen LogP contribution in [0.1, 0.15) is 54.1 Å². The topological polar surface area (TPSA) is 74.7 Å². The molecule has 2 atom stereocenters. The van der Waals surface area contributed by atoms with Crippen LogP contribution in [0, 0.1) is 0 Å². The average molecular weight is 478 g/mol. The highest BCUT2D eigenvalue weighted by atomic mass is 19.4. The van der Waals surface area contributed by atoms with Crippen LogP contribution in [0.2, 0.25) is 0 Å². The van der Waals surface area contributed by atoms with Crippen molar-refractivity contribution in [3.8, 4) is 0 Å². The molecule has 0 amide bonds. The lowest BCUT2D eigenvalue weighted by molar-refractivity contribution is -0.143. The van der Waals surface area contributed by atoms with Gasteiger partial charge in [0, 0.05) is 31.9 Å². The lowest BCUT2D eigenvalue weighted by atomic mass is 10.0. The summed E-state index contributed by atoms with van der Waals surface area (Å²) >= 11 is 0. The van der Waals surface area contributed by atoms with Gasteiger partial charge in [-0.25, -0.2) is 4.98 Å². The van der Waals surface area contributed by atoms with E-state index >= 15 is 0 Å². The largest absolute Gasteiger partial charge is 0.480 e. The van der Waals surface area contributed by atoms with Crippen LogP contribution < -0.4 is 5.32 Å². The predicted octanol–water partition coefficient (Wildman–Crippen LogP) is 4.70.